The second-order valence-corrected chi connectivity index (χ2v) is 9.76. The number of aromatic nitrogens is 3. The van der Waals surface area contributed by atoms with Crippen molar-refractivity contribution in [3.63, 3.8) is 0 Å². The number of amides is 1. The quantitative estimate of drug-likeness (QED) is 0.319. The van der Waals surface area contributed by atoms with Crippen LogP contribution in [0, 0.1) is 20.8 Å². The van der Waals surface area contributed by atoms with Gasteiger partial charge < -0.3 is 19.4 Å². The number of halogens is 1. The average molecular weight is 509 g/mol. The Morgan fingerprint density at radius 1 is 1.24 bits per heavy atom. The van der Waals surface area contributed by atoms with Gasteiger partial charge in [0.1, 0.15) is 17.4 Å². The minimum Gasteiger partial charge on any atom is -0.485 e. The summed E-state index contributed by atoms with van der Waals surface area (Å²) in [5.41, 5.74) is 2.13. The molecule has 1 N–H and O–H groups in total. The summed E-state index contributed by atoms with van der Waals surface area (Å²) in [5.74, 6) is 0.790. The highest BCUT2D eigenvalue weighted by molar-refractivity contribution is 7.99. The number of benzene rings is 1. The maximum absolute atomic E-state index is 12.6. The molecule has 0 unspecified atom stereocenters. The van der Waals surface area contributed by atoms with Gasteiger partial charge in [-0.05, 0) is 57.0 Å². The summed E-state index contributed by atoms with van der Waals surface area (Å²) < 4.78 is 12.6. The number of esters is 1. The van der Waals surface area contributed by atoms with E-state index in [1.807, 2.05) is 44.4 Å². The molecule has 0 aliphatic carbocycles. The second kappa shape index (κ2) is 11.0. The summed E-state index contributed by atoms with van der Waals surface area (Å²) in [6, 6.07) is 5.43. The van der Waals surface area contributed by atoms with Crippen molar-refractivity contribution in [1.29, 1.82) is 0 Å². The highest BCUT2D eigenvalue weighted by Crippen LogP contribution is 2.33. The van der Waals surface area contributed by atoms with E-state index >= 15 is 0 Å². The summed E-state index contributed by atoms with van der Waals surface area (Å²) >= 11 is 8.62. The fraction of sp³-hybridized carbons (Fsp3) is 0.364. The molecule has 3 aromatic rings. The van der Waals surface area contributed by atoms with Crippen molar-refractivity contribution in [3.8, 4) is 5.75 Å². The molecule has 0 fully saturated rings. The van der Waals surface area contributed by atoms with Crippen molar-refractivity contribution in [1.82, 2.24) is 14.8 Å². The third kappa shape index (κ3) is 5.87. The number of nitrogens with one attached hydrogen (secondary N) is 1. The lowest BCUT2D eigenvalue weighted by Crippen LogP contribution is -2.16. The maximum Gasteiger partial charge on any atom is 0.341 e. The second-order valence-electron chi connectivity index (χ2n) is 7.16. The van der Waals surface area contributed by atoms with Gasteiger partial charge in [0.05, 0.1) is 18.4 Å². The van der Waals surface area contributed by atoms with E-state index in [9.17, 15) is 9.59 Å². The Hall–Kier alpha value is -2.56. The molecule has 1 amide bonds. The van der Waals surface area contributed by atoms with Gasteiger partial charge in [0, 0.05) is 16.4 Å². The number of nitrogens with zero attached hydrogens (tertiary/aromatic N) is 3. The smallest absolute Gasteiger partial charge is 0.341 e. The summed E-state index contributed by atoms with van der Waals surface area (Å²) in [6.07, 6.45) is 0. The van der Waals surface area contributed by atoms with Gasteiger partial charge in [0.25, 0.3) is 0 Å². The molecule has 0 aliphatic rings. The Morgan fingerprint density at radius 2 is 2.00 bits per heavy atom. The van der Waals surface area contributed by atoms with Gasteiger partial charge in [-0.1, -0.05) is 23.4 Å². The standard InChI is InChI=1S/C22H25ClN4O4S2/c1-6-27-17(10-31-16-8-7-15(23)9-12(16)2)25-26-22(27)32-11-18(28)24-20-19(21(29)30-5)13(3)14(4)33-20/h7-9H,6,10-11H2,1-5H3,(H,24,28). The third-order valence-corrected chi connectivity index (χ3v) is 7.29. The van der Waals surface area contributed by atoms with Crippen molar-refractivity contribution in [3.05, 3.63) is 50.6 Å². The highest BCUT2D eigenvalue weighted by Gasteiger charge is 2.22. The number of ether oxygens (including phenoxy) is 2. The SMILES string of the molecule is CCn1c(COc2ccc(Cl)cc2C)nnc1SCC(=O)Nc1sc(C)c(C)c1C(=O)OC. The first-order valence-electron chi connectivity index (χ1n) is 10.2. The van der Waals surface area contributed by atoms with E-state index in [1.165, 1.54) is 30.2 Å². The number of anilines is 1. The first kappa shape index (κ1) is 25.1. The Bertz CT molecular complexity index is 1180. The number of hydrogen-bond acceptors (Lipinski definition) is 8. The molecule has 2 heterocycles. The van der Waals surface area contributed by atoms with E-state index in [1.54, 1.807) is 6.07 Å². The Balaban J connectivity index is 1.64. The van der Waals surface area contributed by atoms with Gasteiger partial charge >= 0.3 is 5.97 Å². The Morgan fingerprint density at radius 3 is 2.67 bits per heavy atom. The minimum atomic E-state index is -0.467. The number of thiophene rings is 1. The van der Waals surface area contributed by atoms with Crippen LogP contribution in [0.25, 0.3) is 0 Å². The first-order valence-corrected chi connectivity index (χ1v) is 12.3. The van der Waals surface area contributed by atoms with Crippen LogP contribution < -0.4 is 10.1 Å². The molecule has 0 radical (unpaired) electrons. The zero-order valence-corrected chi connectivity index (χ0v) is 21.4. The molecule has 0 aliphatic heterocycles. The normalized spacial score (nSPS) is 10.8. The maximum atomic E-state index is 12.6. The lowest BCUT2D eigenvalue weighted by Gasteiger charge is -2.11. The van der Waals surface area contributed by atoms with Gasteiger partial charge in [0.15, 0.2) is 11.0 Å². The number of rotatable bonds is 9. The van der Waals surface area contributed by atoms with Gasteiger partial charge in [-0.15, -0.1) is 21.5 Å². The zero-order valence-electron chi connectivity index (χ0n) is 19.0. The summed E-state index contributed by atoms with van der Waals surface area (Å²) in [4.78, 5) is 25.6. The predicted molar refractivity (Wildman–Crippen MR) is 131 cm³/mol. The van der Waals surface area contributed by atoms with E-state index in [0.29, 0.717) is 33.1 Å². The lowest BCUT2D eigenvalue weighted by atomic mass is 10.1. The van der Waals surface area contributed by atoms with Crippen LogP contribution in [-0.2, 0) is 22.7 Å². The van der Waals surface area contributed by atoms with Gasteiger partial charge in [-0.2, -0.15) is 0 Å². The van der Waals surface area contributed by atoms with E-state index in [0.717, 1.165) is 21.8 Å². The van der Waals surface area contributed by atoms with Crippen molar-refractivity contribution in [2.75, 3.05) is 18.2 Å². The molecule has 1 aromatic carbocycles. The largest absolute Gasteiger partial charge is 0.485 e. The van der Waals surface area contributed by atoms with Crippen LogP contribution in [-0.4, -0.2) is 39.5 Å². The highest BCUT2D eigenvalue weighted by atomic mass is 35.5. The molecule has 8 nitrogen and oxygen atoms in total. The van der Waals surface area contributed by atoms with Crippen LogP contribution in [0.5, 0.6) is 5.75 Å². The average Bonchev–Trinajstić information content (AvgIpc) is 3.30. The molecule has 0 atom stereocenters. The molecule has 176 valence electrons. The molecule has 0 saturated carbocycles. The van der Waals surface area contributed by atoms with E-state index in [-0.39, 0.29) is 18.3 Å². The first-order chi connectivity index (χ1) is 15.7. The fourth-order valence-electron chi connectivity index (χ4n) is 3.12. The van der Waals surface area contributed by atoms with Crippen molar-refractivity contribution in [2.24, 2.45) is 0 Å². The van der Waals surface area contributed by atoms with Crippen molar-refractivity contribution in [2.45, 2.75) is 46.0 Å². The topological polar surface area (TPSA) is 95.3 Å². The fourth-order valence-corrected chi connectivity index (χ4v) is 5.24. The number of carbonyl (C=O) groups excluding carboxylic acids is 2. The number of hydrogen-bond donors (Lipinski definition) is 1. The van der Waals surface area contributed by atoms with Gasteiger partial charge in [0.2, 0.25) is 5.91 Å². The van der Waals surface area contributed by atoms with Crippen molar-refractivity contribution >= 4 is 51.6 Å². The number of aryl methyl sites for hydroxylation is 2. The summed E-state index contributed by atoms with van der Waals surface area (Å²) in [6.45, 7) is 8.51. The Kier molecular flexibility index (Phi) is 8.39. The van der Waals surface area contributed by atoms with Crippen LogP contribution in [0.1, 0.15) is 39.1 Å². The third-order valence-electron chi connectivity index (χ3n) is 4.96. The van der Waals surface area contributed by atoms with Gasteiger partial charge in [-0.25, -0.2) is 4.79 Å². The van der Waals surface area contributed by atoms with Crippen LogP contribution >= 0.6 is 34.7 Å². The lowest BCUT2D eigenvalue weighted by molar-refractivity contribution is -0.113. The molecule has 33 heavy (non-hydrogen) atoms. The molecule has 0 spiro atoms. The van der Waals surface area contributed by atoms with Crippen LogP contribution in [0.2, 0.25) is 5.02 Å². The predicted octanol–water partition coefficient (Wildman–Crippen LogP) is 5.03. The summed E-state index contributed by atoms with van der Waals surface area (Å²) in [5, 5.41) is 13.0. The van der Waals surface area contributed by atoms with E-state index in [2.05, 4.69) is 15.5 Å². The van der Waals surface area contributed by atoms with Crippen LogP contribution in [0.15, 0.2) is 23.4 Å². The minimum absolute atomic E-state index is 0.117. The molecule has 11 heteroatoms. The molecule has 0 bridgehead atoms. The molecule has 3 rings (SSSR count). The monoisotopic (exact) mass is 508 g/mol. The number of methoxy groups -OCH3 is 1. The van der Waals surface area contributed by atoms with Crippen LogP contribution in [0.4, 0.5) is 5.00 Å². The molecular weight excluding hydrogens is 484 g/mol. The van der Waals surface area contributed by atoms with E-state index < -0.39 is 5.97 Å². The van der Waals surface area contributed by atoms with Crippen molar-refractivity contribution < 1.29 is 19.1 Å². The number of carbonyl (C=O) groups is 2. The zero-order chi connectivity index (χ0) is 24.1. The van der Waals surface area contributed by atoms with Crippen LogP contribution in [0.3, 0.4) is 0 Å². The Labute approximate surface area is 205 Å². The number of thioether (sulfide) groups is 1. The van der Waals surface area contributed by atoms with Gasteiger partial charge in [-0.3, -0.25) is 4.79 Å². The summed E-state index contributed by atoms with van der Waals surface area (Å²) in [7, 11) is 1.32. The molecular formula is C22H25ClN4O4S2. The molecule has 0 saturated heterocycles. The molecule has 2 aromatic heterocycles. The van der Waals surface area contributed by atoms with E-state index in [4.69, 9.17) is 21.1 Å².